The van der Waals surface area contributed by atoms with Gasteiger partial charge >= 0.3 is 5.97 Å². The van der Waals surface area contributed by atoms with Gasteiger partial charge in [0.15, 0.2) is 6.54 Å². The topological polar surface area (TPSA) is 46.1 Å². The average Bonchev–Trinajstić information content (AvgIpc) is 2.79. The van der Waals surface area contributed by atoms with Crippen LogP contribution in [0, 0.1) is 0 Å². The van der Waals surface area contributed by atoms with Crippen LogP contribution in [0.2, 0.25) is 0 Å². The van der Waals surface area contributed by atoms with Gasteiger partial charge in [0.25, 0.3) is 5.82 Å². The number of aryl methyl sites for hydroxylation is 1. The lowest BCUT2D eigenvalue weighted by Crippen LogP contribution is -2.40. The molecule has 1 aromatic heterocycles. The van der Waals surface area contributed by atoms with Crippen LogP contribution in [0.1, 0.15) is 64.6 Å². The molecule has 0 aliphatic rings. The van der Waals surface area contributed by atoms with Crippen LogP contribution in [0.5, 0.6) is 0 Å². The Hall–Kier alpha value is -1.32. The number of carboxylic acid groups (broad SMARTS) is 1. The van der Waals surface area contributed by atoms with Crippen LogP contribution in [0.15, 0.2) is 12.4 Å². The quantitative estimate of drug-likeness (QED) is 0.500. The predicted octanol–water partition coefficient (Wildman–Crippen LogP) is 3.17. The number of nitrogens with zero attached hydrogens (tertiary/aromatic N) is 2. The Bertz CT molecular complexity index is 399. The van der Waals surface area contributed by atoms with E-state index in [0.717, 1.165) is 25.2 Å². The first-order chi connectivity index (χ1) is 9.69. The minimum absolute atomic E-state index is 0.0683. The van der Waals surface area contributed by atoms with E-state index in [2.05, 4.69) is 18.4 Å². The molecule has 0 saturated carbocycles. The number of unbranched alkanes of at least 4 members (excludes halogenated alkanes) is 6. The molecule has 0 fully saturated rings. The van der Waals surface area contributed by atoms with E-state index in [1.165, 1.54) is 38.5 Å². The van der Waals surface area contributed by atoms with Gasteiger partial charge in [-0.05, 0) is 13.3 Å². The highest BCUT2D eigenvalue weighted by Gasteiger charge is 2.17. The summed E-state index contributed by atoms with van der Waals surface area (Å²) in [5.74, 6) is 0.369. The summed E-state index contributed by atoms with van der Waals surface area (Å²) in [4.78, 5) is 10.9. The average molecular weight is 281 g/mol. The third kappa shape index (κ3) is 5.76. The van der Waals surface area contributed by atoms with Gasteiger partial charge in [0.2, 0.25) is 0 Å². The number of imidazole rings is 1. The molecule has 0 aliphatic carbocycles. The van der Waals surface area contributed by atoms with Gasteiger partial charge in [0, 0.05) is 6.42 Å². The molecule has 114 valence electrons. The summed E-state index contributed by atoms with van der Waals surface area (Å²) in [5.41, 5.74) is 0. The molecule has 1 N–H and O–H groups in total. The summed E-state index contributed by atoms with van der Waals surface area (Å²) in [7, 11) is 0. The predicted molar refractivity (Wildman–Crippen MR) is 79.6 cm³/mol. The van der Waals surface area contributed by atoms with Gasteiger partial charge in [0.1, 0.15) is 12.4 Å². The molecular weight excluding hydrogens is 252 g/mol. The molecular formula is C16H29N2O2+. The zero-order valence-corrected chi connectivity index (χ0v) is 13.0. The first kappa shape index (κ1) is 16.7. The van der Waals surface area contributed by atoms with E-state index in [-0.39, 0.29) is 6.54 Å². The first-order valence-electron chi connectivity index (χ1n) is 7.98. The minimum Gasteiger partial charge on any atom is -0.478 e. The van der Waals surface area contributed by atoms with E-state index in [4.69, 9.17) is 5.11 Å². The number of carbonyl (C=O) groups is 1. The Kier molecular flexibility index (Phi) is 8.00. The maximum absolute atomic E-state index is 10.9. The van der Waals surface area contributed by atoms with Crippen LogP contribution in [-0.4, -0.2) is 15.6 Å². The second-order valence-electron chi connectivity index (χ2n) is 5.39. The molecule has 1 rings (SSSR count). The van der Waals surface area contributed by atoms with Crippen molar-refractivity contribution in [2.75, 3.05) is 0 Å². The molecule has 0 aliphatic heterocycles. The zero-order chi connectivity index (χ0) is 14.8. The number of carboxylic acids is 1. The molecule has 1 heterocycles. The highest BCUT2D eigenvalue weighted by atomic mass is 16.4. The summed E-state index contributed by atoms with van der Waals surface area (Å²) in [6.45, 7) is 5.30. The van der Waals surface area contributed by atoms with Crippen molar-refractivity contribution >= 4 is 5.97 Å². The molecule has 4 heteroatoms. The lowest BCUT2D eigenvalue weighted by Gasteiger charge is -2.03. The van der Waals surface area contributed by atoms with Crippen molar-refractivity contribution in [3.8, 4) is 0 Å². The molecule has 0 bridgehead atoms. The fraction of sp³-hybridized carbons (Fsp3) is 0.750. The molecule has 0 spiro atoms. The van der Waals surface area contributed by atoms with Gasteiger partial charge in [-0.25, -0.2) is 13.9 Å². The zero-order valence-electron chi connectivity index (χ0n) is 13.0. The van der Waals surface area contributed by atoms with Crippen LogP contribution in [0.4, 0.5) is 0 Å². The maximum atomic E-state index is 10.9. The Morgan fingerprint density at radius 2 is 1.80 bits per heavy atom. The third-order valence-corrected chi connectivity index (χ3v) is 3.74. The Balaban J connectivity index is 2.37. The van der Waals surface area contributed by atoms with Crippen molar-refractivity contribution in [2.45, 2.75) is 78.3 Å². The normalized spacial score (nSPS) is 10.9. The van der Waals surface area contributed by atoms with E-state index in [1.807, 2.05) is 17.0 Å². The number of rotatable bonds is 11. The van der Waals surface area contributed by atoms with E-state index in [1.54, 1.807) is 0 Å². The van der Waals surface area contributed by atoms with Crippen molar-refractivity contribution in [2.24, 2.45) is 0 Å². The summed E-state index contributed by atoms with van der Waals surface area (Å²) < 4.78 is 4.02. The van der Waals surface area contributed by atoms with Crippen LogP contribution in [0.25, 0.3) is 0 Å². The largest absolute Gasteiger partial charge is 0.478 e. The van der Waals surface area contributed by atoms with Crippen molar-refractivity contribution in [3.05, 3.63) is 18.2 Å². The van der Waals surface area contributed by atoms with E-state index >= 15 is 0 Å². The molecule has 0 amide bonds. The van der Waals surface area contributed by atoms with Crippen molar-refractivity contribution < 1.29 is 14.5 Å². The number of hydrogen-bond donors (Lipinski definition) is 1. The van der Waals surface area contributed by atoms with Gasteiger partial charge in [-0.3, -0.25) is 0 Å². The summed E-state index contributed by atoms with van der Waals surface area (Å²) >= 11 is 0. The molecule has 0 aromatic carbocycles. The molecule has 4 nitrogen and oxygen atoms in total. The molecule has 20 heavy (non-hydrogen) atoms. The van der Waals surface area contributed by atoms with Crippen LogP contribution >= 0.6 is 0 Å². The number of hydrogen-bond acceptors (Lipinski definition) is 1. The fourth-order valence-corrected chi connectivity index (χ4v) is 2.60. The SMILES string of the molecule is CCCCCCCCCc1n(CC)cc[n+]1CC(=O)O. The Morgan fingerprint density at radius 1 is 1.15 bits per heavy atom. The number of aromatic nitrogens is 2. The van der Waals surface area contributed by atoms with Crippen molar-refractivity contribution in [3.63, 3.8) is 0 Å². The second kappa shape index (κ2) is 9.56. The molecule has 0 atom stereocenters. The summed E-state index contributed by atoms with van der Waals surface area (Å²) in [6, 6.07) is 0. The molecule has 0 saturated heterocycles. The highest BCUT2D eigenvalue weighted by Crippen LogP contribution is 2.09. The van der Waals surface area contributed by atoms with E-state index in [9.17, 15) is 4.79 Å². The van der Waals surface area contributed by atoms with Crippen molar-refractivity contribution in [1.29, 1.82) is 0 Å². The monoisotopic (exact) mass is 281 g/mol. The summed E-state index contributed by atoms with van der Waals surface area (Å²) in [5, 5.41) is 8.94. The Labute approximate surface area is 122 Å². The van der Waals surface area contributed by atoms with Gasteiger partial charge < -0.3 is 5.11 Å². The summed E-state index contributed by atoms with van der Waals surface area (Å²) in [6.07, 6.45) is 13.8. The smallest absolute Gasteiger partial charge is 0.346 e. The van der Waals surface area contributed by atoms with Gasteiger partial charge in [-0.1, -0.05) is 45.4 Å². The fourth-order valence-electron chi connectivity index (χ4n) is 2.60. The number of aliphatic carboxylic acids is 1. The first-order valence-corrected chi connectivity index (χ1v) is 7.98. The highest BCUT2D eigenvalue weighted by molar-refractivity contribution is 5.64. The molecule has 1 aromatic rings. The van der Waals surface area contributed by atoms with Crippen molar-refractivity contribution in [1.82, 2.24) is 4.57 Å². The van der Waals surface area contributed by atoms with Crippen LogP contribution in [0.3, 0.4) is 0 Å². The maximum Gasteiger partial charge on any atom is 0.346 e. The lowest BCUT2D eigenvalue weighted by molar-refractivity contribution is -0.692. The van der Waals surface area contributed by atoms with E-state index < -0.39 is 5.97 Å². The Morgan fingerprint density at radius 3 is 2.40 bits per heavy atom. The third-order valence-electron chi connectivity index (χ3n) is 3.74. The lowest BCUT2D eigenvalue weighted by atomic mass is 10.1. The van der Waals surface area contributed by atoms with Gasteiger partial charge in [0.05, 0.1) is 6.54 Å². The molecule has 0 unspecified atom stereocenters. The second-order valence-corrected chi connectivity index (χ2v) is 5.39. The minimum atomic E-state index is -0.773. The van der Waals surface area contributed by atoms with Gasteiger partial charge in [-0.15, -0.1) is 0 Å². The standard InChI is InChI=1S/C16H28N2O2/c1-3-5-6-7-8-9-10-11-15-17(4-2)12-13-18(15)14-16(19)20/h12-13H,3-11,14H2,1-2H3/p+1. The van der Waals surface area contributed by atoms with Crippen LogP contribution in [-0.2, 0) is 24.3 Å². The van der Waals surface area contributed by atoms with E-state index in [0.29, 0.717) is 0 Å². The van der Waals surface area contributed by atoms with Crippen LogP contribution < -0.4 is 4.57 Å². The molecule has 0 radical (unpaired) electrons. The van der Waals surface area contributed by atoms with Gasteiger partial charge in [-0.2, -0.15) is 0 Å².